The molecule has 1 heterocycles. The maximum atomic E-state index is 12.5. The molecule has 0 bridgehead atoms. The third-order valence-electron chi connectivity index (χ3n) is 3.92. The van der Waals surface area contributed by atoms with Gasteiger partial charge in [-0.15, -0.1) is 0 Å². The average Bonchev–Trinajstić information content (AvgIpc) is 2.43. The quantitative estimate of drug-likeness (QED) is 0.867. The molecule has 3 rings (SSSR count). The van der Waals surface area contributed by atoms with E-state index in [-0.39, 0.29) is 5.91 Å². The van der Waals surface area contributed by atoms with Crippen LogP contribution in [0, 0.1) is 13.8 Å². The zero-order valence-electron chi connectivity index (χ0n) is 13.1. The molecule has 1 aliphatic rings. The van der Waals surface area contributed by atoms with E-state index in [1.165, 1.54) is 11.1 Å². The van der Waals surface area contributed by atoms with E-state index in [1.54, 1.807) is 24.1 Å². The lowest BCUT2D eigenvalue weighted by Crippen LogP contribution is -2.44. The molecule has 0 fully saturated rings. The summed E-state index contributed by atoms with van der Waals surface area (Å²) in [5, 5.41) is 0. The van der Waals surface area contributed by atoms with Gasteiger partial charge in [-0.3, -0.25) is 4.79 Å². The highest BCUT2D eigenvalue weighted by Crippen LogP contribution is 2.35. The van der Waals surface area contributed by atoms with Crippen LogP contribution in [0.1, 0.15) is 16.7 Å². The molecule has 0 aliphatic carbocycles. The molecule has 4 heteroatoms. The van der Waals surface area contributed by atoms with Gasteiger partial charge < -0.3 is 15.4 Å². The Morgan fingerprint density at radius 1 is 1.14 bits per heavy atom. The normalized spacial score (nSPS) is 17.1. The summed E-state index contributed by atoms with van der Waals surface area (Å²) in [6, 6.07) is 11.7. The molecule has 114 valence electrons. The van der Waals surface area contributed by atoms with Crippen molar-refractivity contribution in [3.63, 3.8) is 0 Å². The predicted molar refractivity (Wildman–Crippen MR) is 88.3 cm³/mol. The van der Waals surface area contributed by atoms with E-state index in [9.17, 15) is 4.79 Å². The summed E-state index contributed by atoms with van der Waals surface area (Å²) in [4.78, 5) is 14.2. The summed E-state index contributed by atoms with van der Waals surface area (Å²) in [5.74, 6) is 0.632. The number of nitrogens with zero attached hydrogens (tertiary/aromatic N) is 1. The Morgan fingerprint density at radius 2 is 1.82 bits per heavy atom. The number of hydrogen-bond donors (Lipinski definition) is 1. The molecular formula is C18H20N2O2. The molecule has 1 aliphatic heterocycles. The highest BCUT2D eigenvalue weighted by molar-refractivity contribution is 6.00. The third-order valence-corrected chi connectivity index (χ3v) is 3.92. The fraction of sp³-hybridized carbons (Fsp3) is 0.278. The lowest BCUT2D eigenvalue weighted by atomic mass is 10.0. The van der Waals surface area contributed by atoms with Crippen molar-refractivity contribution in [2.45, 2.75) is 26.4 Å². The maximum Gasteiger partial charge on any atom is 0.268 e. The van der Waals surface area contributed by atoms with Crippen molar-refractivity contribution in [1.29, 1.82) is 0 Å². The van der Waals surface area contributed by atoms with Gasteiger partial charge in [-0.05, 0) is 31.5 Å². The number of hydrogen-bond acceptors (Lipinski definition) is 3. The smallest absolute Gasteiger partial charge is 0.268 e. The molecule has 0 saturated heterocycles. The number of rotatable bonds is 2. The van der Waals surface area contributed by atoms with Gasteiger partial charge in [-0.25, -0.2) is 0 Å². The first kappa shape index (κ1) is 14.4. The molecule has 0 saturated carbocycles. The van der Waals surface area contributed by atoms with E-state index in [4.69, 9.17) is 10.5 Å². The molecule has 1 unspecified atom stereocenters. The second kappa shape index (κ2) is 5.37. The molecule has 1 amide bonds. The summed E-state index contributed by atoms with van der Waals surface area (Å²) >= 11 is 0. The van der Waals surface area contributed by atoms with Crippen LogP contribution in [0.4, 0.5) is 11.4 Å². The van der Waals surface area contributed by atoms with Crippen molar-refractivity contribution >= 4 is 17.3 Å². The molecule has 22 heavy (non-hydrogen) atoms. The van der Waals surface area contributed by atoms with Crippen LogP contribution in [0.5, 0.6) is 5.75 Å². The monoisotopic (exact) mass is 296 g/mol. The van der Waals surface area contributed by atoms with Gasteiger partial charge in [0.1, 0.15) is 5.75 Å². The molecule has 2 N–H and O–H groups in total. The Bertz CT molecular complexity index is 720. The molecule has 0 aromatic heterocycles. The standard InChI is InChI=1S/C18H20N2O2/c1-11-6-12(2)8-13(7-11)9-17-18(21)20(3)15-5-4-14(19)10-16(15)22-17/h4-8,10,17H,9,19H2,1-3H3. The third kappa shape index (κ3) is 2.64. The first-order valence-corrected chi connectivity index (χ1v) is 7.35. The van der Waals surface area contributed by atoms with E-state index >= 15 is 0 Å². The highest BCUT2D eigenvalue weighted by Gasteiger charge is 2.32. The fourth-order valence-electron chi connectivity index (χ4n) is 2.97. The second-order valence-corrected chi connectivity index (χ2v) is 5.93. The summed E-state index contributed by atoms with van der Waals surface area (Å²) < 4.78 is 5.91. The number of fused-ring (bicyclic) bond motifs is 1. The number of benzene rings is 2. The molecule has 1 atom stereocenters. The van der Waals surface area contributed by atoms with E-state index in [0.717, 1.165) is 11.3 Å². The lowest BCUT2D eigenvalue weighted by molar-refractivity contribution is -0.125. The van der Waals surface area contributed by atoms with Gasteiger partial charge in [-0.1, -0.05) is 29.3 Å². The van der Waals surface area contributed by atoms with Gasteiger partial charge in [0.25, 0.3) is 5.91 Å². The average molecular weight is 296 g/mol. The molecule has 4 nitrogen and oxygen atoms in total. The Morgan fingerprint density at radius 3 is 2.50 bits per heavy atom. The Balaban J connectivity index is 1.90. The Kier molecular flexibility index (Phi) is 3.53. The van der Waals surface area contributed by atoms with Crippen LogP contribution < -0.4 is 15.4 Å². The fourth-order valence-corrected chi connectivity index (χ4v) is 2.97. The van der Waals surface area contributed by atoms with Crippen molar-refractivity contribution in [1.82, 2.24) is 0 Å². The minimum atomic E-state index is -0.513. The number of carbonyl (C=O) groups excluding carboxylic acids is 1. The summed E-state index contributed by atoms with van der Waals surface area (Å²) in [5.41, 5.74) is 10.7. The van der Waals surface area contributed by atoms with Crippen LogP contribution in [0.3, 0.4) is 0 Å². The van der Waals surface area contributed by atoms with Gasteiger partial charge in [0.05, 0.1) is 5.69 Å². The van der Waals surface area contributed by atoms with E-state index in [0.29, 0.717) is 17.9 Å². The predicted octanol–water partition coefficient (Wildman–Crippen LogP) is 2.85. The minimum absolute atomic E-state index is 0.0311. The minimum Gasteiger partial charge on any atom is -0.478 e. The molecule has 2 aromatic carbocycles. The van der Waals surface area contributed by atoms with Gasteiger partial charge in [-0.2, -0.15) is 0 Å². The largest absolute Gasteiger partial charge is 0.478 e. The van der Waals surface area contributed by atoms with Crippen molar-refractivity contribution in [2.24, 2.45) is 0 Å². The van der Waals surface area contributed by atoms with Gasteiger partial charge in [0, 0.05) is 25.2 Å². The van der Waals surface area contributed by atoms with Crippen molar-refractivity contribution < 1.29 is 9.53 Å². The summed E-state index contributed by atoms with van der Waals surface area (Å²) in [7, 11) is 1.77. The number of carbonyl (C=O) groups is 1. The topological polar surface area (TPSA) is 55.6 Å². The van der Waals surface area contributed by atoms with Gasteiger partial charge in [0.2, 0.25) is 0 Å². The maximum absolute atomic E-state index is 12.5. The zero-order valence-corrected chi connectivity index (χ0v) is 13.1. The SMILES string of the molecule is Cc1cc(C)cc(CC2Oc3cc(N)ccc3N(C)C2=O)c1. The number of anilines is 2. The number of nitrogens with two attached hydrogens (primary N) is 1. The number of amides is 1. The van der Waals surface area contributed by atoms with E-state index in [2.05, 4.69) is 32.0 Å². The van der Waals surface area contributed by atoms with Gasteiger partial charge in [0.15, 0.2) is 6.10 Å². The van der Waals surface area contributed by atoms with Crippen molar-refractivity contribution in [2.75, 3.05) is 17.7 Å². The number of likely N-dealkylation sites (N-methyl/N-ethyl adjacent to an activating group) is 1. The van der Waals surface area contributed by atoms with Crippen LogP contribution in [0.15, 0.2) is 36.4 Å². The first-order chi connectivity index (χ1) is 10.4. The van der Waals surface area contributed by atoms with Crippen LogP contribution >= 0.6 is 0 Å². The van der Waals surface area contributed by atoms with Crippen LogP contribution in [0.25, 0.3) is 0 Å². The van der Waals surface area contributed by atoms with Crippen LogP contribution in [0.2, 0.25) is 0 Å². The van der Waals surface area contributed by atoms with E-state index in [1.807, 2.05) is 6.07 Å². The highest BCUT2D eigenvalue weighted by atomic mass is 16.5. The zero-order chi connectivity index (χ0) is 15.9. The molecule has 2 aromatic rings. The summed E-state index contributed by atoms with van der Waals surface area (Å²) in [6.07, 6.45) is 0.0421. The van der Waals surface area contributed by atoms with Crippen LogP contribution in [-0.2, 0) is 11.2 Å². The Hall–Kier alpha value is -2.49. The number of aryl methyl sites for hydroxylation is 2. The number of nitrogen functional groups attached to an aromatic ring is 1. The van der Waals surface area contributed by atoms with Gasteiger partial charge >= 0.3 is 0 Å². The Labute approximate surface area is 130 Å². The van der Waals surface area contributed by atoms with Crippen molar-refractivity contribution in [3.8, 4) is 5.75 Å². The van der Waals surface area contributed by atoms with Crippen molar-refractivity contribution in [3.05, 3.63) is 53.1 Å². The van der Waals surface area contributed by atoms with Crippen LogP contribution in [-0.4, -0.2) is 19.1 Å². The molecule has 0 spiro atoms. The second-order valence-electron chi connectivity index (χ2n) is 5.93. The molecule has 0 radical (unpaired) electrons. The lowest BCUT2D eigenvalue weighted by Gasteiger charge is -2.32. The van der Waals surface area contributed by atoms with E-state index < -0.39 is 6.10 Å². The number of ether oxygens (including phenoxy) is 1. The molecular weight excluding hydrogens is 276 g/mol. The summed E-state index contributed by atoms with van der Waals surface area (Å²) in [6.45, 7) is 4.12. The first-order valence-electron chi connectivity index (χ1n) is 7.35.